The van der Waals surface area contributed by atoms with Crippen LogP contribution in [0.25, 0.3) is 0 Å². The van der Waals surface area contributed by atoms with Crippen molar-refractivity contribution in [3.05, 3.63) is 0 Å². The number of aliphatic hydroxyl groups is 1. The van der Waals surface area contributed by atoms with Gasteiger partial charge in [0, 0.05) is 6.42 Å². The summed E-state index contributed by atoms with van der Waals surface area (Å²) in [5.41, 5.74) is 0. The van der Waals surface area contributed by atoms with E-state index in [0.717, 1.165) is 6.42 Å². The quantitative estimate of drug-likeness (QED) is 0.508. The van der Waals surface area contributed by atoms with Crippen LogP contribution in [-0.2, 0) is 4.79 Å². The summed E-state index contributed by atoms with van der Waals surface area (Å²) in [6, 6.07) is -0.00231. The van der Waals surface area contributed by atoms with E-state index in [0.29, 0.717) is 6.42 Å². The first-order valence-electron chi connectivity index (χ1n) is 3.17. The van der Waals surface area contributed by atoms with Crippen molar-refractivity contribution >= 4 is 5.91 Å². The van der Waals surface area contributed by atoms with Crippen molar-refractivity contribution in [2.24, 2.45) is 0 Å². The molecule has 1 amide bonds. The average molecular weight is 129 g/mol. The van der Waals surface area contributed by atoms with Crippen LogP contribution in [0, 0.1) is 0 Å². The van der Waals surface area contributed by atoms with Crippen molar-refractivity contribution in [3.63, 3.8) is 0 Å². The van der Waals surface area contributed by atoms with Crippen LogP contribution in [0.1, 0.15) is 19.8 Å². The number of amides is 1. The summed E-state index contributed by atoms with van der Waals surface area (Å²) in [5.74, 6) is 0.0564. The largest absolute Gasteiger partial charge is 0.391 e. The molecule has 0 spiro atoms. The highest BCUT2D eigenvalue weighted by atomic mass is 16.3. The van der Waals surface area contributed by atoms with E-state index in [2.05, 4.69) is 5.32 Å². The number of nitrogens with one attached hydrogen (secondary N) is 1. The van der Waals surface area contributed by atoms with Gasteiger partial charge in [0.05, 0.1) is 12.1 Å². The highest BCUT2D eigenvalue weighted by Gasteiger charge is 2.23. The Morgan fingerprint density at radius 2 is 2.56 bits per heavy atom. The van der Waals surface area contributed by atoms with E-state index in [9.17, 15) is 4.79 Å². The third kappa shape index (κ3) is 1.42. The Morgan fingerprint density at radius 1 is 1.89 bits per heavy atom. The Morgan fingerprint density at radius 3 is 2.78 bits per heavy atom. The van der Waals surface area contributed by atoms with Gasteiger partial charge in [0.2, 0.25) is 5.91 Å². The maximum atomic E-state index is 10.5. The van der Waals surface area contributed by atoms with Crippen LogP contribution < -0.4 is 5.32 Å². The van der Waals surface area contributed by atoms with Crippen LogP contribution in [0.5, 0.6) is 0 Å². The monoisotopic (exact) mass is 129 g/mol. The Bertz CT molecular complexity index is 122. The van der Waals surface area contributed by atoms with Crippen molar-refractivity contribution in [2.45, 2.75) is 31.9 Å². The van der Waals surface area contributed by atoms with Crippen molar-refractivity contribution in [2.75, 3.05) is 0 Å². The topological polar surface area (TPSA) is 49.3 Å². The Labute approximate surface area is 54.1 Å². The number of carbonyl (C=O) groups excluding carboxylic acids is 1. The first kappa shape index (κ1) is 6.55. The molecule has 52 valence electrons. The fraction of sp³-hybridized carbons (Fsp3) is 0.833. The molecule has 2 atom stereocenters. The number of hydrogen-bond donors (Lipinski definition) is 2. The van der Waals surface area contributed by atoms with Crippen LogP contribution >= 0.6 is 0 Å². The molecule has 1 fully saturated rings. The van der Waals surface area contributed by atoms with E-state index in [1.807, 2.05) is 0 Å². The third-order valence-corrected chi connectivity index (χ3v) is 1.61. The molecule has 3 heteroatoms. The standard InChI is InChI=1S/C6H11NO2/c1-4(8)5-2-3-6(9)7-5/h4-5,8H,2-3H2,1H3,(H,7,9). The van der Waals surface area contributed by atoms with E-state index < -0.39 is 6.10 Å². The Kier molecular flexibility index (Phi) is 1.71. The van der Waals surface area contributed by atoms with E-state index in [-0.39, 0.29) is 11.9 Å². The predicted molar refractivity (Wildman–Crippen MR) is 32.8 cm³/mol. The second kappa shape index (κ2) is 2.35. The van der Waals surface area contributed by atoms with Gasteiger partial charge in [-0.25, -0.2) is 0 Å². The van der Waals surface area contributed by atoms with Gasteiger partial charge in [-0.15, -0.1) is 0 Å². The molecule has 1 heterocycles. The summed E-state index contributed by atoms with van der Waals surface area (Å²) in [6.45, 7) is 1.69. The molecule has 0 saturated carbocycles. The fourth-order valence-electron chi connectivity index (χ4n) is 1.000. The summed E-state index contributed by atoms with van der Waals surface area (Å²) in [4.78, 5) is 10.5. The molecule has 2 unspecified atom stereocenters. The molecule has 1 saturated heterocycles. The minimum absolute atomic E-state index is 0.00231. The van der Waals surface area contributed by atoms with Gasteiger partial charge in [0.1, 0.15) is 0 Å². The third-order valence-electron chi connectivity index (χ3n) is 1.61. The van der Waals surface area contributed by atoms with E-state index in [1.165, 1.54) is 0 Å². The lowest BCUT2D eigenvalue weighted by molar-refractivity contribution is -0.119. The first-order valence-corrected chi connectivity index (χ1v) is 3.17. The number of carbonyl (C=O) groups is 1. The lowest BCUT2D eigenvalue weighted by Gasteiger charge is -2.11. The molecule has 0 aromatic rings. The molecule has 0 aromatic heterocycles. The van der Waals surface area contributed by atoms with Gasteiger partial charge < -0.3 is 10.4 Å². The maximum Gasteiger partial charge on any atom is 0.220 e. The molecule has 1 aliphatic heterocycles. The van der Waals surface area contributed by atoms with Gasteiger partial charge in [-0.05, 0) is 13.3 Å². The summed E-state index contributed by atoms with van der Waals surface area (Å²) in [7, 11) is 0. The van der Waals surface area contributed by atoms with Crippen molar-refractivity contribution in [1.82, 2.24) is 5.32 Å². The van der Waals surface area contributed by atoms with E-state index >= 15 is 0 Å². The highest BCUT2D eigenvalue weighted by Crippen LogP contribution is 2.09. The molecular weight excluding hydrogens is 118 g/mol. The van der Waals surface area contributed by atoms with Crippen molar-refractivity contribution < 1.29 is 9.90 Å². The van der Waals surface area contributed by atoms with Gasteiger partial charge >= 0.3 is 0 Å². The van der Waals surface area contributed by atoms with Crippen LogP contribution in [-0.4, -0.2) is 23.2 Å². The summed E-state index contributed by atoms with van der Waals surface area (Å²) in [5, 5.41) is 11.6. The molecule has 0 aliphatic carbocycles. The second-order valence-corrected chi connectivity index (χ2v) is 2.45. The number of rotatable bonds is 1. The zero-order chi connectivity index (χ0) is 6.85. The van der Waals surface area contributed by atoms with Gasteiger partial charge in [0.25, 0.3) is 0 Å². The van der Waals surface area contributed by atoms with Gasteiger partial charge in [0.15, 0.2) is 0 Å². The number of hydrogen-bond acceptors (Lipinski definition) is 2. The SMILES string of the molecule is CC(O)C1CCC(=O)N1. The van der Waals surface area contributed by atoms with Gasteiger partial charge in [-0.1, -0.05) is 0 Å². The molecule has 2 N–H and O–H groups in total. The number of aliphatic hydroxyl groups excluding tert-OH is 1. The van der Waals surface area contributed by atoms with Crippen LogP contribution in [0.4, 0.5) is 0 Å². The lowest BCUT2D eigenvalue weighted by Crippen LogP contribution is -2.34. The van der Waals surface area contributed by atoms with E-state index in [4.69, 9.17) is 5.11 Å². The normalized spacial score (nSPS) is 30.0. The molecule has 1 aliphatic rings. The van der Waals surface area contributed by atoms with Gasteiger partial charge in [-0.2, -0.15) is 0 Å². The summed E-state index contributed by atoms with van der Waals surface area (Å²) < 4.78 is 0. The average Bonchev–Trinajstić information content (AvgIpc) is 2.14. The highest BCUT2D eigenvalue weighted by molar-refractivity contribution is 5.78. The van der Waals surface area contributed by atoms with Crippen molar-refractivity contribution in [1.29, 1.82) is 0 Å². The molecule has 0 aromatic carbocycles. The molecule has 9 heavy (non-hydrogen) atoms. The molecule has 0 bridgehead atoms. The van der Waals surface area contributed by atoms with Crippen LogP contribution in [0.2, 0.25) is 0 Å². The minimum Gasteiger partial charge on any atom is -0.391 e. The molecule has 3 nitrogen and oxygen atoms in total. The van der Waals surface area contributed by atoms with E-state index in [1.54, 1.807) is 6.92 Å². The zero-order valence-electron chi connectivity index (χ0n) is 5.42. The zero-order valence-corrected chi connectivity index (χ0v) is 5.42. The van der Waals surface area contributed by atoms with Crippen molar-refractivity contribution in [3.8, 4) is 0 Å². The summed E-state index contributed by atoms with van der Waals surface area (Å²) in [6.07, 6.45) is 0.933. The Balaban J connectivity index is 2.39. The van der Waals surface area contributed by atoms with Crippen LogP contribution in [0.15, 0.2) is 0 Å². The second-order valence-electron chi connectivity index (χ2n) is 2.45. The maximum absolute atomic E-state index is 10.5. The Hall–Kier alpha value is -0.570. The smallest absolute Gasteiger partial charge is 0.220 e. The fourth-order valence-corrected chi connectivity index (χ4v) is 1.000. The molecule has 0 radical (unpaired) electrons. The van der Waals surface area contributed by atoms with Crippen LogP contribution in [0.3, 0.4) is 0 Å². The molecular formula is C6H11NO2. The lowest BCUT2D eigenvalue weighted by atomic mass is 10.1. The minimum atomic E-state index is -0.406. The predicted octanol–water partition coefficient (Wildman–Crippen LogP) is -0.354. The van der Waals surface area contributed by atoms with Gasteiger partial charge in [-0.3, -0.25) is 4.79 Å². The first-order chi connectivity index (χ1) is 4.20. The molecule has 1 rings (SSSR count). The summed E-state index contributed by atoms with van der Waals surface area (Å²) >= 11 is 0.